The van der Waals surface area contributed by atoms with Crippen molar-refractivity contribution in [1.82, 2.24) is 10.2 Å². The van der Waals surface area contributed by atoms with Gasteiger partial charge in [0.1, 0.15) is 17.1 Å². The van der Waals surface area contributed by atoms with Crippen LogP contribution in [0.5, 0.6) is 0 Å². The highest BCUT2D eigenvalue weighted by atomic mass is 79.9. The fourth-order valence-corrected chi connectivity index (χ4v) is 3.95. The molecule has 2 aliphatic rings. The number of urea groups is 1. The molecule has 0 spiro atoms. The van der Waals surface area contributed by atoms with E-state index in [9.17, 15) is 14.4 Å². The summed E-state index contributed by atoms with van der Waals surface area (Å²) in [6.07, 6.45) is 6.01. The molecule has 1 N–H and O–H groups in total. The molecule has 1 aromatic heterocycles. The SMILES string of the molecule is O=C1NC(=O)N(C2CCCCC2)C(=O)/C1=C/c1ccc(-c2ccc(Br)cc2)o1. The smallest absolute Gasteiger partial charge is 0.331 e. The molecule has 1 saturated heterocycles. The van der Waals surface area contributed by atoms with Crippen molar-refractivity contribution in [3.8, 4) is 11.3 Å². The minimum atomic E-state index is -0.691. The quantitative estimate of drug-likeness (QED) is 0.560. The molecule has 1 aliphatic carbocycles. The molecule has 1 saturated carbocycles. The second kappa shape index (κ2) is 7.75. The highest BCUT2D eigenvalue weighted by Crippen LogP contribution is 2.28. The van der Waals surface area contributed by atoms with Gasteiger partial charge in [0.15, 0.2) is 0 Å². The Hall–Kier alpha value is -2.67. The Labute approximate surface area is 170 Å². The van der Waals surface area contributed by atoms with Crippen LogP contribution in [-0.4, -0.2) is 28.8 Å². The van der Waals surface area contributed by atoms with Crippen LogP contribution in [0.3, 0.4) is 0 Å². The third-order valence-corrected chi connectivity index (χ3v) is 5.64. The Kier molecular flexibility index (Phi) is 5.17. The van der Waals surface area contributed by atoms with Gasteiger partial charge in [-0.05, 0) is 43.2 Å². The Morgan fingerprint density at radius 3 is 2.43 bits per heavy atom. The first kappa shape index (κ1) is 18.7. The van der Waals surface area contributed by atoms with Crippen molar-refractivity contribution >= 4 is 39.9 Å². The van der Waals surface area contributed by atoms with Gasteiger partial charge in [-0.25, -0.2) is 4.79 Å². The number of barbiturate groups is 1. The summed E-state index contributed by atoms with van der Waals surface area (Å²) in [5.74, 6) is -0.233. The maximum atomic E-state index is 12.9. The lowest BCUT2D eigenvalue weighted by Gasteiger charge is -2.35. The number of nitrogens with zero attached hydrogens (tertiary/aromatic N) is 1. The Balaban J connectivity index is 1.61. The van der Waals surface area contributed by atoms with E-state index in [4.69, 9.17) is 4.42 Å². The molecule has 28 heavy (non-hydrogen) atoms. The summed E-state index contributed by atoms with van der Waals surface area (Å²) in [5.41, 5.74) is 0.799. The van der Waals surface area contributed by atoms with Crippen LogP contribution in [0.1, 0.15) is 37.9 Å². The minimum absolute atomic E-state index is 0.0816. The van der Waals surface area contributed by atoms with Crippen LogP contribution in [0.4, 0.5) is 4.79 Å². The second-order valence-corrected chi connectivity index (χ2v) is 7.91. The zero-order valence-corrected chi connectivity index (χ0v) is 16.7. The van der Waals surface area contributed by atoms with Crippen LogP contribution in [0.2, 0.25) is 0 Å². The molecule has 4 rings (SSSR count). The van der Waals surface area contributed by atoms with Gasteiger partial charge in [-0.1, -0.05) is 47.3 Å². The molecule has 6 nitrogen and oxygen atoms in total. The van der Waals surface area contributed by atoms with Crippen LogP contribution in [0, 0.1) is 0 Å². The average Bonchev–Trinajstić information content (AvgIpc) is 3.15. The zero-order chi connectivity index (χ0) is 19.7. The summed E-state index contributed by atoms with van der Waals surface area (Å²) >= 11 is 3.39. The van der Waals surface area contributed by atoms with Gasteiger partial charge in [0, 0.05) is 16.1 Å². The van der Waals surface area contributed by atoms with E-state index in [1.54, 1.807) is 12.1 Å². The monoisotopic (exact) mass is 442 g/mol. The lowest BCUT2D eigenvalue weighted by atomic mass is 9.93. The molecule has 0 atom stereocenters. The predicted molar refractivity (Wildman–Crippen MR) is 107 cm³/mol. The first-order valence-electron chi connectivity index (χ1n) is 9.29. The number of halogens is 1. The van der Waals surface area contributed by atoms with Gasteiger partial charge < -0.3 is 4.42 Å². The topological polar surface area (TPSA) is 79.6 Å². The second-order valence-electron chi connectivity index (χ2n) is 6.99. The summed E-state index contributed by atoms with van der Waals surface area (Å²) in [6.45, 7) is 0. The highest BCUT2D eigenvalue weighted by Gasteiger charge is 2.40. The molecule has 2 aromatic rings. The number of hydrogen-bond donors (Lipinski definition) is 1. The van der Waals surface area contributed by atoms with E-state index in [1.165, 1.54) is 11.0 Å². The molecule has 4 amide bonds. The maximum Gasteiger partial charge on any atom is 0.331 e. The number of imide groups is 2. The van der Waals surface area contributed by atoms with Crippen LogP contribution < -0.4 is 5.32 Å². The van der Waals surface area contributed by atoms with Gasteiger partial charge in [-0.15, -0.1) is 0 Å². The third-order valence-electron chi connectivity index (χ3n) is 5.12. The molecule has 144 valence electrons. The first-order chi connectivity index (χ1) is 13.5. The van der Waals surface area contributed by atoms with Gasteiger partial charge in [0.2, 0.25) is 0 Å². The van der Waals surface area contributed by atoms with E-state index < -0.39 is 17.8 Å². The normalized spacial score (nSPS) is 20.0. The Morgan fingerprint density at radius 1 is 1.00 bits per heavy atom. The lowest BCUT2D eigenvalue weighted by Crippen LogP contribution is -2.58. The van der Waals surface area contributed by atoms with Crippen molar-refractivity contribution in [1.29, 1.82) is 0 Å². The van der Waals surface area contributed by atoms with Crippen molar-refractivity contribution in [3.63, 3.8) is 0 Å². The molecule has 1 aliphatic heterocycles. The Bertz CT molecular complexity index is 955. The fourth-order valence-electron chi connectivity index (χ4n) is 3.68. The molecular weight excluding hydrogens is 424 g/mol. The molecule has 1 aromatic carbocycles. The number of rotatable bonds is 3. The number of benzene rings is 1. The molecule has 0 bridgehead atoms. The molecule has 0 unspecified atom stereocenters. The maximum absolute atomic E-state index is 12.9. The molecular formula is C21H19BrN2O4. The van der Waals surface area contributed by atoms with Gasteiger partial charge >= 0.3 is 6.03 Å². The van der Waals surface area contributed by atoms with Crippen molar-refractivity contribution in [2.24, 2.45) is 0 Å². The van der Waals surface area contributed by atoms with E-state index in [2.05, 4.69) is 21.2 Å². The van der Waals surface area contributed by atoms with Gasteiger partial charge in [-0.2, -0.15) is 0 Å². The molecule has 7 heteroatoms. The van der Waals surface area contributed by atoms with Crippen molar-refractivity contribution in [3.05, 3.63) is 52.2 Å². The van der Waals surface area contributed by atoms with Crippen LogP contribution >= 0.6 is 15.9 Å². The highest BCUT2D eigenvalue weighted by molar-refractivity contribution is 9.10. The van der Waals surface area contributed by atoms with Crippen LogP contribution in [0.15, 0.2) is 50.9 Å². The van der Waals surface area contributed by atoms with Gasteiger partial charge in [-0.3, -0.25) is 19.8 Å². The van der Waals surface area contributed by atoms with Crippen molar-refractivity contribution in [2.45, 2.75) is 38.1 Å². The first-order valence-corrected chi connectivity index (χ1v) is 10.1. The Morgan fingerprint density at radius 2 is 1.71 bits per heavy atom. The number of furan rings is 1. The summed E-state index contributed by atoms with van der Waals surface area (Å²) in [7, 11) is 0. The van der Waals surface area contributed by atoms with E-state index in [0.717, 1.165) is 42.1 Å². The number of amides is 4. The molecule has 2 fully saturated rings. The summed E-state index contributed by atoms with van der Waals surface area (Å²) in [4.78, 5) is 38.6. The standard InChI is InChI=1S/C21H19BrN2O4/c22-14-8-6-13(7-9-14)18-11-10-16(28-18)12-17-19(25)23-21(27)24(20(17)26)15-4-2-1-3-5-15/h6-12,15H,1-5H2,(H,23,25,27)/b17-12+. The lowest BCUT2D eigenvalue weighted by molar-refractivity contribution is -0.132. The van der Waals surface area contributed by atoms with Crippen molar-refractivity contribution < 1.29 is 18.8 Å². The van der Waals surface area contributed by atoms with Crippen molar-refractivity contribution in [2.75, 3.05) is 0 Å². The van der Waals surface area contributed by atoms with E-state index in [1.807, 2.05) is 24.3 Å². The average molecular weight is 443 g/mol. The van der Waals surface area contributed by atoms with Gasteiger partial charge in [0.25, 0.3) is 11.8 Å². The number of carbonyl (C=O) groups excluding carboxylic acids is 3. The van der Waals surface area contributed by atoms with E-state index in [-0.39, 0.29) is 11.6 Å². The fraction of sp³-hybridized carbons (Fsp3) is 0.286. The molecule has 0 radical (unpaired) electrons. The van der Waals surface area contributed by atoms with E-state index in [0.29, 0.717) is 11.5 Å². The number of nitrogens with one attached hydrogen (secondary N) is 1. The largest absolute Gasteiger partial charge is 0.457 e. The zero-order valence-electron chi connectivity index (χ0n) is 15.1. The predicted octanol–water partition coefficient (Wildman–Crippen LogP) is 4.50. The number of carbonyl (C=O) groups is 3. The minimum Gasteiger partial charge on any atom is -0.457 e. The van der Waals surface area contributed by atoms with Crippen LogP contribution in [0.25, 0.3) is 17.4 Å². The molecule has 2 heterocycles. The van der Waals surface area contributed by atoms with Crippen LogP contribution in [-0.2, 0) is 9.59 Å². The summed E-state index contributed by atoms with van der Waals surface area (Å²) < 4.78 is 6.75. The van der Waals surface area contributed by atoms with Gasteiger partial charge in [0.05, 0.1) is 0 Å². The van der Waals surface area contributed by atoms with E-state index >= 15 is 0 Å². The summed E-state index contributed by atoms with van der Waals surface area (Å²) in [6, 6.07) is 10.3. The number of hydrogen-bond acceptors (Lipinski definition) is 4. The third kappa shape index (κ3) is 3.67. The summed E-state index contributed by atoms with van der Waals surface area (Å²) in [5, 5.41) is 2.28.